The van der Waals surface area contributed by atoms with E-state index in [1.165, 1.54) is 6.20 Å². The van der Waals surface area contributed by atoms with Crippen molar-refractivity contribution in [2.45, 2.75) is 32.9 Å². The molecule has 2 atom stereocenters. The first-order chi connectivity index (χ1) is 5.75. The molecule has 0 N–H and O–H groups in total. The van der Waals surface area contributed by atoms with Crippen LogP contribution in [0.25, 0.3) is 0 Å². The molecule has 0 spiro atoms. The molecule has 0 bridgehead atoms. The highest BCUT2D eigenvalue weighted by Gasteiger charge is 2.22. The molecule has 0 aromatic carbocycles. The fourth-order valence-corrected chi connectivity index (χ4v) is 1.21. The fourth-order valence-electron chi connectivity index (χ4n) is 1.21. The first-order valence-corrected chi connectivity index (χ1v) is 4.20. The Kier molecular flexibility index (Phi) is 3.19. The molecular formula is C8H13FN3. The van der Waals surface area contributed by atoms with Gasteiger partial charge in [-0.05, 0) is 17.6 Å². The van der Waals surface area contributed by atoms with E-state index in [9.17, 15) is 4.39 Å². The van der Waals surface area contributed by atoms with Crippen molar-refractivity contribution in [3.05, 3.63) is 11.9 Å². The highest BCUT2D eigenvalue weighted by Crippen LogP contribution is 2.23. The molecule has 12 heavy (non-hydrogen) atoms. The van der Waals surface area contributed by atoms with E-state index in [-0.39, 0.29) is 5.92 Å². The summed E-state index contributed by atoms with van der Waals surface area (Å²) in [6, 6.07) is 0. The van der Waals surface area contributed by atoms with E-state index >= 15 is 0 Å². The molecule has 1 aliphatic rings. The number of hydrogen-bond acceptors (Lipinski definition) is 2. The second-order valence-electron chi connectivity index (χ2n) is 3.03. The Morgan fingerprint density at radius 1 is 1.58 bits per heavy atom. The number of rotatable bonds is 4. The van der Waals surface area contributed by atoms with E-state index in [4.69, 9.17) is 0 Å². The van der Waals surface area contributed by atoms with Crippen LogP contribution in [0, 0.1) is 5.92 Å². The molecule has 3 nitrogen and oxygen atoms in total. The Hall–Kier alpha value is -0.930. The summed E-state index contributed by atoms with van der Waals surface area (Å²) in [6.45, 7) is 3.92. The summed E-state index contributed by atoms with van der Waals surface area (Å²) in [5.74, 6) is 0.00787. The number of alkyl halides is 1. The summed E-state index contributed by atoms with van der Waals surface area (Å²) in [5.41, 5.74) is 3.84. The van der Waals surface area contributed by atoms with Crippen molar-refractivity contribution in [3.63, 3.8) is 0 Å². The highest BCUT2D eigenvalue weighted by molar-refractivity contribution is 5.07. The van der Waals surface area contributed by atoms with E-state index in [0.717, 1.165) is 12.8 Å². The molecule has 0 saturated carbocycles. The molecule has 1 heterocycles. The molecule has 0 aromatic rings. The van der Waals surface area contributed by atoms with Crippen LogP contribution in [0.15, 0.2) is 22.2 Å². The Labute approximate surface area is 71.7 Å². The first-order valence-electron chi connectivity index (χ1n) is 4.20. The van der Waals surface area contributed by atoms with Crippen LogP contribution in [-0.4, -0.2) is 6.17 Å². The van der Waals surface area contributed by atoms with Crippen LogP contribution in [0.3, 0.4) is 0 Å². The predicted molar refractivity (Wildman–Crippen MR) is 44.0 cm³/mol. The van der Waals surface area contributed by atoms with Crippen molar-refractivity contribution in [1.29, 1.82) is 0 Å². The van der Waals surface area contributed by atoms with E-state index in [2.05, 4.69) is 15.8 Å². The zero-order valence-electron chi connectivity index (χ0n) is 7.37. The molecule has 0 aromatic heterocycles. The molecule has 4 heteroatoms. The third-order valence-electron chi connectivity index (χ3n) is 1.93. The van der Waals surface area contributed by atoms with Gasteiger partial charge in [0.25, 0.3) is 0 Å². The van der Waals surface area contributed by atoms with Crippen LogP contribution < -0.4 is 5.43 Å². The number of halogens is 1. The molecule has 1 aliphatic heterocycles. The molecule has 67 valence electrons. The molecule has 1 rings (SSSR count). The predicted octanol–water partition coefficient (Wildman–Crippen LogP) is 2.59. The average molecular weight is 170 g/mol. The zero-order chi connectivity index (χ0) is 8.97. The van der Waals surface area contributed by atoms with Gasteiger partial charge in [-0.25, -0.2) is 4.39 Å². The van der Waals surface area contributed by atoms with E-state index in [0.29, 0.717) is 5.70 Å². The van der Waals surface area contributed by atoms with Gasteiger partial charge < -0.3 is 0 Å². The van der Waals surface area contributed by atoms with Crippen LogP contribution in [0.2, 0.25) is 0 Å². The standard InChI is InChI=1S/C8H13FN3/c1-3-4-6(2)8(9)7-5-10-12-11-7/h5-6,8H,3-4H2,1-2H3. The fraction of sp³-hybridized carbons (Fsp3) is 0.750. The van der Waals surface area contributed by atoms with Gasteiger partial charge in [0, 0.05) is 0 Å². The van der Waals surface area contributed by atoms with E-state index < -0.39 is 6.17 Å². The molecule has 0 amide bonds. The normalized spacial score (nSPS) is 20.1. The van der Waals surface area contributed by atoms with Gasteiger partial charge >= 0.3 is 0 Å². The van der Waals surface area contributed by atoms with Crippen molar-refractivity contribution in [1.82, 2.24) is 5.43 Å². The summed E-state index contributed by atoms with van der Waals surface area (Å²) in [6.07, 6.45) is 2.23. The quantitative estimate of drug-likeness (QED) is 0.622. The lowest BCUT2D eigenvalue weighted by Gasteiger charge is -2.13. The molecule has 0 saturated heterocycles. The third kappa shape index (κ3) is 2.03. The summed E-state index contributed by atoms with van der Waals surface area (Å²) >= 11 is 0. The number of hydrogen-bond donors (Lipinski definition) is 0. The zero-order valence-corrected chi connectivity index (χ0v) is 7.37. The van der Waals surface area contributed by atoms with Crippen LogP contribution in [0.1, 0.15) is 26.7 Å². The van der Waals surface area contributed by atoms with E-state index in [1.54, 1.807) is 0 Å². The topological polar surface area (TPSA) is 38.8 Å². The van der Waals surface area contributed by atoms with Crippen LogP contribution in [0.4, 0.5) is 4.39 Å². The summed E-state index contributed by atoms with van der Waals surface area (Å²) in [4.78, 5) is 0. The molecule has 0 aliphatic carbocycles. The Morgan fingerprint density at radius 2 is 2.33 bits per heavy atom. The third-order valence-corrected chi connectivity index (χ3v) is 1.93. The smallest absolute Gasteiger partial charge is 0.148 e. The molecule has 0 fully saturated rings. The molecule has 2 unspecified atom stereocenters. The van der Waals surface area contributed by atoms with Gasteiger partial charge in [0.05, 0.1) is 6.20 Å². The first kappa shape index (κ1) is 9.16. The van der Waals surface area contributed by atoms with Crippen molar-refractivity contribution in [2.75, 3.05) is 0 Å². The SMILES string of the molecule is CCCC(C)C(F)C1=C[N]N=N1. The maximum absolute atomic E-state index is 13.4. The van der Waals surface area contributed by atoms with Gasteiger partial charge in [0.2, 0.25) is 0 Å². The second kappa shape index (κ2) is 4.18. The minimum Gasteiger partial charge on any atom is -0.240 e. The largest absolute Gasteiger partial charge is 0.240 e. The van der Waals surface area contributed by atoms with Crippen molar-refractivity contribution in [3.8, 4) is 0 Å². The number of allylic oxidation sites excluding steroid dienone is 1. The number of nitrogens with zero attached hydrogens (tertiary/aromatic N) is 3. The summed E-state index contributed by atoms with van der Waals surface area (Å²) < 4.78 is 13.4. The molecular weight excluding hydrogens is 157 g/mol. The van der Waals surface area contributed by atoms with Crippen LogP contribution >= 0.6 is 0 Å². The lowest BCUT2D eigenvalue weighted by Crippen LogP contribution is -2.13. The van der Waals surface area contributed by atoms with Crippen molar-refractivity contribution < 1.29 is 4.39 Å². The lowest BCUT2D eigenvalue weighted by molar-refractivity contribution is 0.267. The minimum atomic E-state index is -1.01. The van der Waals surface area contributed by atoms with Gasteiger partial charge in [-0.3, -0.25) is 0 Å². The highest BCUT2D eigenvalue weighted by atomic mass is 19.1. The van der Waals surface area contributed by atoms with Gasteiger partial charge in [0.1, 0.15) is 11.9 Å². The van der Waals surface area contributed by atoms with Gasteiger partial charge in [-0.2, -0.15) is 0 Å². The Balaban J connectivity index is 2.45. The Morgan fingerprint density at radius 3 is 2.83 bits per heavy atom. The Bertz CT molecular complexity index is 200. The van der Waals surface area contributed by atoms with Gasteiger partial charge in [0.15, 0.2) is 0 Å². The summed E-state index contributed by atoms with van der Waals surface area (Å²) in [5, 5.41) is 6.93. The maximum Gasteiger partial charge on any atom is 0.148 e. The molecule has 1 radical (unpaired) electrons. The lowest BCUT2D eigenvalue weighted by atomic mass is 9.99. The van der Waals surface area contributed by atoms with Crippen molar-refractivity contribution >= 4 is 0 Å². The van der Waals surface area contributed by atoms with Gasteiger partial charge in [-0.15, -0.1) is 10.5 Å². The maximum atomic E-state index is 13.4. The van der Waals surface area contributed by atoms with Crippen LogP contribution in [-0.2, 0) is 0 Å². The van der Waals surface area contributed by atoms with Crippen LogP contribution in [0.5, 0.6) is 0 Å². The average Bonchev–Trinajstić information content (AvgIpc) is 2.55. The van der Waals surface area contributed by atoms with E-state index in [1.807, 2.05) is 13.8 Å². The monoisotopic (exact) mass is 170 g/mol. The van der Waals surface area contributed by atoms with Crippen molar-refractivity contribution in [2.24, 2.45) is 16.3 Å². The van der Waals surface area contributed by atoms with Gasteiger partial charge in [-0.1, -0.05) is 20.3 Å². The second-order valence-corrected chi connectivity index (χ2v) is 3.03. The summed E-state index contributed by atoms with van der Waals surface area (Å²) in [7, 11) is 0. The minimum absolute atomic E-state index is 0.00787.